The molecule has 58 heavy (non-hydrogen) atoms. The van der Waals surface area contributed by atoms with Crippen LogP contribution in [0.25, 0.3) is 105 Å². The number of rotatable bonds is 5. The van der Waals surface area contributed by atoms with Gasteiger partial charge in [0, 0.05) is 32.8 Å². The summed E-state index contributed by atoms with van der Waals surface area (Å²) < 4.78 is 12.9. The summed E-state index contributed by atoms with van der Waals surface area (Å²) in [5.74, 6) is 2.70. The highest BCUT2D eigenvalue weighted by molar-refractivity contribution is 6.14. The summed E-state index contributed by atoms with van der Waals surface area (Å²) in [4.78, 5) is 15.5. The van der Waals surface area contributed by atoms with Crippen molar-refractivity contribution >= 4 is 60.0 Å². The lowest BCUT2D eigenvalue weighted by molar-refractivity contribution is 0.590. The molecule has 0 amide bonds. The van der Waals surface area contributed by atoms with Gasteiger partial charge in [-0.1, -0.05) is 133 Å². The molecule has 0 N–H and O–H groups in total. The van der Waals surface area contributed by atoms with Gasteiger partial charge in [0.25, 0.3) is 0 Å². The van der Waals surface area contributed by atoms with Crippen molar-refractivity contribution in [2.24, 2.45) is 0 Å². The molecule has 5 nitrogen and oxygen atoms in total. The Morgan fingerprint density at radius 1 is 0.397 bits per heavy atom. The van der Waals surface area contributed by atoms with E-state index in [-0.39, 0.29) is 0 Å². The third kappa shape index (κ3) is 5.35. The first-order valence-corrected chi connectivity index (χ1v) is 19.7. The second kappa shape index (κ2) is 13.0. The third-order valence-electron chi connectivity index (χ3n) is 11.6. The molecule has 0 spiro atoms. The number of hydrogen-bond donors (Lipinski definition) is 0. The van der Waals surface area contributed by atoms with Crippen LogP contribution in [0.15, 0.2) is 185 Å². The van der Waals surface area contributed by atoms with Gasteiger partial charge in [-0.15, -0.1) is 0 Å². The molecule has 0 atom stereocenters. The summed E-state index contributed by atoms with van der Waals surface area (Å²) in [5, 5.41) is 7.91. The van der Waals surface area contributed by atoms with Crippen LogP contribution in [0.1, 0.15) is 23.6 Å². The van der Waals surface area contributed by atoms with Gasteiger partial charge in [0.15, 0.2) is 17.5 Å². The Bertz CT molecular complexity index is 3470. The van der Waals surface area contributed by atoms with Crippen molar-refractivity contribution in [2.75, 3.05) is 0 Å². The summed E-state index contributed by atoms with van der Waals surface area (Å²) in [5.41, 5.74) is 11.2. The number of para-hydroxylation sites is 1. The molecule has 0 saturated heterocycles. The fourth-order valence-electron chi connectivity index (χ4n) is 8.72. The Morgan fingerprint density at radius 3 is 1.84 bits per heavy atom. The second-order valence-electron chi connectivity index (χ2n) is 15.1. The van der Waals surface area contributed by atoms with E-state index < -0.39 is 0 Å². The number of furan rings is 2. The van der Waals surface area contributed by atoms with E-state index in [4.69, 9.17) is 23.8 Å². The van der Waals surface area contributed by atoms with Gasteiger partial charge in [-0.05, 0) is 99.1 Å². The van der Waals surface area contributed by atoms with Crippen molar-refractivity contribution in [2.45, 2.75) is 12.8 Å². The molecule has 11 aromatic rings. The van der Waals surface area contributed by atoms with Crippen LogP contribution in [0.3, 0.4) is 0 Å². The summed E-state index contributed by atoms with van der Waals surface area (Å²) in [6, 6.07) is 59.5. The number of benzene rings is 8. The van der Waals surface area contributed by atoms with E-state index >= 15 is 0 Å². The Morgan fingerprint density at radius 2 is 1.02 bits per heavy atom. The number of aryl methyl sites for hydroxylation is 1. The van der Waals surface area contributed by atoms with Gasteiger partial charge in [-0.25, -0.2) is 15.0 Å². The fourth-order valence-corrected chi connectivity index (χ4v) is 8.72. The standard InChI is InChI=1S/C53H33N3O2/c1-2-10-32(11-3-1)37-26-27-47-45(31-37)49-41(15-9-19-48(49)57-47)38-23-21-36-30-40(25-22-35(36)28-38)52-54-51(39-24-20-33-12-4-5-13-34(33)29-39)55-53(56-52)44-17-8-16-43-42-14-6-7-18-46(42)58-50(43)44/h1-7,9-15,17-31H,8,16H2. The van der Waals surface area contributed by atoms with Crippen molar-refractivity contribution in [1.82, 2.24) is 15.0 Å². The molecule has 3 heterocycles. The highest BCUT2D eigenvalue weighted by Crippen LogP contribution is 2.41. The molecule has 12 rings (SSSR count). The molecule has 0 aliphatic heterocycles. The van der Waals surface area contributed by atoms with Gasteiger partial charge in [-0.2, -0.15) is 0 Å². The van der Waals surface area contributed by atoms with Crippen molar-refractivity contribution < 1.29 is 8.83 Å². The summed E-state index contributed by atoms with van der Waals surface area (Å²) in [6.07, 6.45) is 4.01. The van der Waals surface area contributed by atoms with Gasteiger partial charge in [0.1, 0.15) is 22.5 Å². The smallest absolute Gasteiger partial charge is 0.167 e. The van der Waals surface area contributed by atoms with E-state index in [0.29, 0.717) is 17.5 Å². The highest BCUT2D eigenvalue weighted by Gasteiger charge is 2.25. The number of fused-ring (bicyclic) bond motifs is 8. The van der Waals surface area contributed by atoms with Gasteiger partial charge >= 0.3 is 0 Å². The Balaban J connectivity index is 0.977. The minimum atomic E-state index is 0.611. The minimum Gasteiger partial charge on any atom is -0.456 e. The van der Waals surface area contributed by atoms with Crippen LogP contribution in [0, 0.1) is 0 Å². The van der Waals surface area contributed by atoms with E-state index in [1.807, 2.05) is 18.2 Å². The molecular formula is C53H33N3O2. The third-order valence-corrected chi connectivity index (χ3v) is 11.6. The molecule has 8 aromatic carbocycles. The van der Waals surface area contributed by atoms with Gasteiger partial charge in [0.05, 0.1) is 5.57 Å². The first-order chi connectivity index (χ1) is 28.7. The van der Waals surface area contributed by atoms with Crippen molar-refractivity contribution in [1.29, 1.82) is 0 Å². The monoisotopic (exact) mass is 743 g/mol. The summed E-state index contributed by atoms with van der Waals surface area (Å²) in [6.45, 7) is 0. The van der Waals surface area contributed by atoms with Crippen LogP contribution in [-0.4, -0.2) is 15.0 Å². The zero-order valence-electron chi connectivity index (χ0n) is 31.3. The zero-order chi connectivity index (χ0) is 38.2. The van der Waals surface area contributed by atoms with Crippen LogP contribution < -0.4 is 0 Å². The topological polar surface area (TPSA) is 65.0 Å². The number of aromatic nitrogens is 3. The average molecular weight is 744 g/mol. The van der Waals surface area contributed by atoms with Crippen molar-refractivity contribution in [3.63, 3.8) is 0 Å². The second-order valence-corrected chi connectivity index (χ2v) is 15.1. The molecule has 5 heteroatoms. The predicted molar refractivity (Wildman–Crippen MR) is 235 cm³/mol. The van der Waals surface area contributed by atoms with Gasteiger partial charge in [0.2, 0.25) is 0 Å². The van der Waals surface area contributed by atoms with Crippen LogP contribution >= 0.6 is 0 Å². The summed E-state index contributed by atoms with van der Waals surface area (Å²) in [7, 11) is 0. The lowest BCUT2D eigenvalue weighted by atomic mass is 9.94. The largest absolute Gasteiger partial charge is 0.456 e. The molecule has 3 aromatic heterocycles. The van der Waals surface area contributed by atoms with Gasteiger partial charge < -0.3 is 8.83 Å². The molecule has 0 bridgehead atoms. The lowest BCUT2D eigenvalue weighted by Crippen LogP contribution is -2.06. The first kappa shape index (κ1) is 32.6. The van der Waals surface area contributed by atoms with Gasteiger partial charge in [-0.3, -0.25) is 0 Å². The number of allylic oxidation sites excluding steroid dienone is 1. The maximum atomic E-state index is 6.51. The highest BCUT2D eigenvalue weighted by atomic mass is 16.3. The van der Waals surface area contributed by atoms with Crippen LogP contribution in [-0.2, 0) is 6.42 Å². The SMILES string of the molecule is C1=C(c2nc(-c3ccc4ccccc4c3)nc(-c3ccc4cc(-c5cccc6oc7ccc(-c8ccccc8)cc7c56)ccc4c3)n2)c2oc3ccccc3c2CC1. The molecule has 1 aliphatic rings. The normalized spacial score (nSPS) is 12.8. The molecule has 0 saturated carbocycles. The number of nitrogens with zero attached hydrogens (tertiary/aromatic N) is 3. The molecule has 0 radical (unpaired) electrons. The first-order valence-electron chi connectivity index (χ1n) is 19.7. The molecule has 0 fully saturated rings. The maximum absolute atomic E-state index is 6.51. The van der Waals surface area contributed by atoms with E-state index in [2.05, 4.69) is 158 Å². The number of hydrogen-bond acceptors (Lipinski definition) is 5. The fraction of sp³-hybridized carbons (Fsp3) is 0.0377. The summed E-state index contributed by atoms with van der Waals surface area (Å²) >= 11 is 0. The quantitative estimate of drug-likeness (QED) is 0.176. The Kier molecular flexibility index (Phi) is 7.29. The molecular weight excluding hydrogens is 711 g/mol. The van der Waals surface area contributed by atoms with E-state index in [1.54, 1.807) is 0 Å². The molecule has 1 aliphatic carbocycles. The van der Waals surface area contributed by atoms with Crippen molar-refractivity contribution in [3.8, 4) is 45.0 Å². The maximum Gasteiger partial charge on any atom is 0.167 e. The van der Waals surface area contributed by atoms with E-state index in [9.17, 15) is 0 Å². The van der Waals surface area contributed by atoms with E-state index in [0.717, 1.165) is 95.5 Å². The molecule has 0 unspecified atom stereocenters. The Hall–Kier alpha value is -7.63. The Labute approximate surface area is 333 Å². The zero-order valence-corrected chi connectivity index (χ0v) is 31.3. The predicted octanol–water partition coefficient (Wildman–Crippen LogP) is 13.9. The van der Waals surface area contributed by atoms with Crippen LogP contribution in [0.5, 0.6) is 0 Å². The average Bonchev–Trinajstić information content (AvgIpc) is 3.87. The lowest BCUT2D eigenvalue weighted by Gasteiger charge is -2.14. The molecule has 272 valence electrons. The van der Waals surface area contributed by atoms with E-state index in [1.165, 1.54) is 22.1 Å². The minimum absolute atomic E-state index is 0.611. The van der Waals surface area contributed by atoms with Crippen molar-refractivity contribution in [3.05, 3.63) is 193 Å². The van der Waals surface area contributed by atoms with Crippen LogP contribution in [0.4, 0.5) is 0 Å². The van der Waals surface area contributed by atoms with Crippen LogP contribution in [0.2, 0.25) is 0 Å².